The van der Waals surface area contributed by atoms with Crippen molar-refractivity contribution in [2.45, 2.75) is 25.9 Å². The van der Waals surface area contributed by atoms with E-state index in [4.69, 9.17) is 16.0 Å². The molecule has 1 aromatic heterocycles. The second-order valence-corrected chi connectivity index (χ2v) is 4.65. The molecule has 1 aromatic carbocycles. The number of nitrogens with zero attached hydrogens (tertiary/aromatic N) is 1. The number of aromatic nitrogens is 1. The summed E-state index contributed by atoms with van der Waals surface area (Å²) < 4.78 is 5.47. The van der Waals surface area contributed by atoms with Gasteiger partial charge in [-0.2, -0.15) is 0 Å². The van der Waals surface area contributed by atoms with Gasteiger partial charge in [0.15, 0.2) is 11.5 Å². The van der Waals surface area contributed by atoms with Crippen molar-refractivity contribution in [3.05, 3.63) is 29.1 Å². The summed E-state index contributed by atoms with van der Waals surface area (Å²) in [4.78, 5) is 4.25. The van der Waals surface area contributed by atoms with Gasteiger partial charge in [0.05, 0.1) is 12.0 Å². The van der Waals surface area contributed by atoms with Gasteiger partial charge >= 0.3 is 0 Å². The molecule has 15 heavy (non-hydrogen) atoms. The maximum absolute atomic E-state index is 9.62. The van der Waals surface area contributed by atoms with Crippen molar-refractivity contribution < 1.29 is 9.52 Å². The van der Waals surface area contributed by atoms with E-state index in [9.17, 15) is 5.11 Å². The summed E-state index contributed by atoms with van der Waals surface area (Å²) in [6.07, 6.45) is 0.388. The molecule has 0 saturated heterocycles. The summed E-state index contributed by atoms with van der Waals surface area (Å²) in [5.41, 5.74) is 0.602. The Balaban J connectivity index is 2.39. The van der Waals surface area contributed by atoms with Gasteiger partial charge < -0.3 is 9.52 Å². The Morgan fingerprint density at radius 1 is 1.47 bits per heavy atom. The fourth-order valence-corrected chi connectivity index (χ4v) is 1.56. The molecular weight excluding hydrogens is 214 g/mol. The SMILES string of the molecule is CC(C)(O)Cc1nc2cc(Cl)ccc2o1. The topological polar surface area (TPSA) is 46.3 Å². The molecule has 0 saturated carbocycles. The van der Waals surface area contributed by atoms with Crippen LogP contribution in [0.15, 0.2) is 22.6 Å². The summed E-state index contributed by atoms with van der Waals surface area (Å²) in [5.74, 6) is 0.528. The number of hydrogen-bond acceptors (Lipinski definition) is 3. The average molecular weight is 226 g/mol. The zero-order chi connectivity index (χ0) is 11.1. The third-order valence-corrected chi connectivity index (χ3v) is 2.21. The van der Waals surface area contributed by atoms with Gasteiger partial charge in [0.1, 0.15) is 5.52 Å². The van der Waals surface area contributed by atoms with Crippen LogP contribution in [0.2, 0.25) is 5.02 Å². The van der Waals surface area contributed by atoms with E-state index >= 15 is 0 Å². The molecule has 1 N–H and O–H groups in total. The van der Waals surface area contributed by atoms with E-state index < -0.39 is 5.60 Å². The molecule has 0 unspecified atom stereocenters. The third-order valence-electron chi connectivity index (χ3n) is 1.98. The first-order chi connectivity index (χ1) is 6.94. The van der Waals surface area contributed by atoms with Crippen LogP contribution in [0.3, 0.4) is 0 Å². The summed E-state index contributed by atoms with van der Waals surface area (Å²) in [6.45, 7) is 3.43. The minimum absolute atomic E-state index is 0.388. The van der Waals surface area contributed by atoms with E-state index in [2.05, 4.69) is 4.98 Å². The van der Waals surface area contributed by atoms with Crippen molar-refractivity contribution in [3.8, 4) is 0 Å². The van der Waals surface area contributed by atoms with Gasteiger partial charge in [-0.05, 0) is 32.0 Å². The summed E-state index contributed by atoms with van der Waals surface area (Å²) in [7, 11) is 0. The number of benzene rings is 1. The number of fused-ring (bicyclic) bond motifs is 1. The van der Waals surface area contributed by atoms with Gasteiger partial charge in [-0.1, -0.05) is 11.6 Å². The van der Waals surface area contributed by atoms with Crippen LogP contribution in [0.4, 0.5) is 0 Å². The average Bonchev–Trinajstić information content (AvgIpc) is 2.42. The summed E-state index contributed by atoms with van der Waals surface area (Å²) in [5, 5.41) is 10.3. The van der Waals surface area contributed by atoms with Gasteiger partial charge in [-0.25, -0.2) is 4.98 Å². The molecular formula is C11H12ClNO2. The van der Waals surface area contributed by atoms with Gasteiger partial charge in [0, 0.05) is 5.02 Å². The second kappa shape index (κ2) is 3.51. The highest BCUT2D eigenvalue weighted by molar-refractivity contribution is 6.31. The summed E-state index contributed by atoms with van der Waals surface area (Å²) in [6, 6.07) is 5.27. The highest BCUT2D eigenvalue weighted by Gasteiger charge is 2.17. The number of halogens is 1. The molecule has 0 aliphatic heterocycles. The Hall–Kier alpha value is -1.06. The zero-order valence-corrected chi connectivity index (χ0v) is 9.38. The monoisotopic (exact) mass is 225 g/mol. The third kappa shape index (κ3) is 2.49. The molecule has 3 nitrogen and oxygen atoms in total. The minimum atomic E-state index is -0.815. The minimum Gasteiger partial charge on any atom is -0.441 e. The van der Waals surface area contributed by atoms with Gasteiger partial charge in [-0.15, -0.1) is 0 Å². The van der Waals surface area contributed by atoms with E-state index in [-0.39, 0.29) is 0 Å². The largest absolute Gasteiger partial charge is 0.441 e. The second-order valence-electron chi connectivity index (χ2n) is 4.21. The van der Waals surface area contributed by atoms with Crippen LogP contribution in [-0.4, -0.2) is 15.7 Å². The number of aliphatic hydroxyl groups is 1. The van der Waals surface area contributed by atoms with Crippen molar-refractivity contribution in [2.24, 2.45) is 0 Å². The predicted molar refractivity (Wildman–Crippen MR) is 59.0 cm³/mol. The van der Waals surface area contributed by atoms with Crippen molar-refractivity contribution in [2.75, 3.05) is 0 Å². The number of rotatable bonds is 2. The van der Waals surface area contributed by atoms with Gasteiger partial charge in [0.2, 0.25) is 0 Å². The molecule has 1 heterocycles. The Labute approximate surface area is 92.7 Å². The van der Waals surface area contributed by atoms with E-state index in [1.165, 1.54) is 0 Å². The number of oxazole rings is 1. The van der Waals surface area contributed by atoms with Crippen LogP contribution in [0.1, 0.15) is 19.7 Å². The maximum atomic E-state index is 9.62. The number of hydrogen-bond donors (Lipinski definition) is 1. The summed E-state index contributed by atoms with van der Waals surface area (Å²) >= 11 is 5.83. The van der Waals surface area contributed by atoms with Crippen LogP contribution in [0.25, 0.3) is 11.1 Å². The first kappa shape index (κ1) is 10.5. The predicted octanol–water partition coefficient (Wildman–Crippen LogP) is 2.79. The Morgan fingerprint density at radius 3 is 2.87 bits per heavy atom. The van der Waals surface area contributed by atoms with Crippen LogP contribution < -0.4 is 0 Å². The Morgan fingerprint density at radius 2 is 2.20 bits per heavy atom. The van der Waals surface area contributed by atoms with Crippen LogP contribution in [0.5, 0.6) is 0 Å². The van der Waals surface area contributed by atoms with E-state index in [1.807, 2.05) is 0 Å². The normalized spacial score (nSPS) is 12.3. The van der Waals surface area contributed by atoms with Crippen molar-refractivity contribution in [3.63, 3.8) is 0 Å². The standard InChI is InChI=1S/C11H12ClNO2/c1-11(2,14)6-10-13-8-5-7(12)3-4-9(8)15-10/h3-5,14H,6H2,1-2H3. The van der Waals surface area contributed by atoms with E-state index in [0.717, 1.165) is 5.52 Å². The smallest absolute Gasteiger partial charge is 0.198 e. The van der Waals surface area contributed by atoms with Gasteiger partial charge in [0.25, 0.3) is 0 Å². The first-order valence-corrected chi connectivity index (χ1v) is 5.09. The van der Waals surface area contributed by atoms with Crippen molar-refractivity contribution >= 4 is 22.7 Å². The molecule has 0 bridgehead atoms. The Kier molecular flexibility index (Phi) is 2.44. The molecule has 80 valence electrons. The highest BCUT2D eigenvalue weighted by Crippen LogP contribution is 2.21. The maximum Gasteiger partial charge on any atom is 0.198 e. The van der Waals surface area contributed by atoms with Crippen molar-refractivity contribution in [1.29, 1.82) is 0 Å². The Bertz CT molecular complexity index is 485. The molecule has 0 aliphatic rings. The molecule has 0 aliphatic carbocycles. The van der Waals surface area contributed by atoms with Crippen LogP contribution in [0, 0.1) is 0 Å². The lowest BCUT2D eigenvalue weighted by Gasteiger charge is -2.13. The lowest BCUT2D eigenvalue weighted by Crippen LogP contribution is -2.21. The first-order valence-electron chi connectivity index (χ1n) is 4.71. The molecule has 0 radical (unpaired) electrons. The fourth-order valence-electron chi connectivity index (χ4n) is 1.39. The highest BCUT2D eigenvalue weighted by atomic mass is 35.5. The van der Waals surface area contributed by atoms with Crippen LogP contribution >= 0.6 is 11.6 Å². The van der Waals surface area contributed by atoms with Crippen LogP contribution in [-0.2, 0) is 6.42 Å². The van der Waals surface area contributed by atoms with Gasteiger partial charge in [-0.3, -0.25) is 0 Å². The quantitative estimate of drug-likeness (QED) is 0.855. The van der Waals surface area contributed by atoms with E-state index in [1.54, 1.807) is 32.0 Å². The molecule has 0 amide bonds. The van der Waals surface area contributed by atoms with E-state index in [0.29, 0.717) is 22.9 Å². The molecule has 0 atom stereocenters. The fraction of sp³-hybridized carbons (Fsp3) is 0.364. The lowest BCUT2D eigenvalue weighted by atomic mass is 10.1. The van der Waals surface area contributed by atoms with Crippen molar-refractivity contribution in [1.82, 2.24) is 4.98 Å². The molecule has 2 rings (SSSR count). The molecule has 4 heteroatoms. The molecule has 0 spiro atoms. The molecule has 2 aromatic rings. The molecule has 0 fully saturated rings. The zero-order valence-electron chi connectivity index (χ0n) is 8.62. The lowest BCUT2D eigenvalue weighted by molar-refractivity contribution is 0.0742.